The van der Waals surface area contributed by atoms with Crippen molar-refractivity contribution in [1.29, 1.82) is 0 Å². The fourth-order valence-electron chi connectivity index (χ4n) is 8.07. The van der Waals surface area contributed by atoms with Crippen molar-refractivity contribution in [2.45, 2.75) is 289 Å². The smallest absolute Gasteiger partial charge is 0.305 e. The van der Waals surface area contributed by atoms with E-state index in [4.69, 9.17) is 4.74 Å². The summed E-state index contributed by atoms with van der Waals surface area (Å²) in [5.41, 5.74) is 0. The van der Waals surface area contributed by atoms with Crippen LogP contribution in [0.25, 0.3) is 0 Å². The van der Waals surface area contributed by atoms with Gasteiger partial charge in [0.25, 0.3) is 0 Å². The van der Waals surface area contributed by atoms with Crippen LogP contribution in [0.4, 0.5) is 0 Å². The number of allylic oxidation sites excluding steroid dienone is 7. The highest BCUT2D eigenvalue weighted by Gasteiger charge is 2.18. The van der Waals surface area contributed by atoms with Gasteiger partial charge in [-0.25, -0.2) is 0 Å². The van der Waals surface area contributed by atoms with Crippen LogP contribution in [-0.2, 0) is 14.3 Å². The van der Waals surface area contributed by atoms with Gasteiger partial charge in [0.1, 0.15) is 0 Å². The quantitative estimate of drug-likeness (QED) is 0.0321. The van der Waals surface area contributed by atoms with Crippen molar-refractivity contribution >= 4 is 11.9 Å². The summed E-state index contributed by atoms with van der Waals surface area (Å²) in [6, 6.07) is -0.640. The minimum atomic E-state index is -0.855. The topological polar surface area (TPSA) is 95.9 Å². The summed E-state index contributed by atoms with van der Waals surface area (Å²) in [5.74, 6) is -0.104. The Morgan fingerprint density at radius 3 is 1.25 bits per heavy atom. The second kappa shape index (κ2) is 52.4. The van der Waals surface area contributed by atoms with Crippen molar-refractivity contribution in [2.24, 2.45) is 0 Å². The van der Waals surface area contributed by atoms with Crippen LogP contribution in [0.15, 0.2) is 48.6 Å². The second-order valence-electron chi connectivity index (χ2n) is 18.5. The van der Waals surface area contributed by atoms with Crippen LogP contribution in [0.3, 0.4) is 0 Å². The van der Waals surface area contributed by atoms with E-state index in [9.17, 15) is 19.8 Å². The van der Waals surface area contributed by atoms with Gasteiger partial charge in [0.15, 0.2) is 0 Å². The Hall–Kier alpha value is -2.18. The molecule has 0 saturated carbocycles. The lowest BCUT2D eigenvalue weighted by molar-refractivity contribution is -0.143. The van der Waals surface area contributed by atoms with Crippen LogP contribution in [-0.4, -0.2) is 47.4 Å². The maximum Gasteiger partial charge on any atom is 0.305 e. The number of unbranched alkanes of at least 4 members (excludes halogenated alkanes) is 33. The Balaban J connectivity index is 3.51. The molecule has 0 saturated heterocycles. The van der Waals surface area contributed by atoms with Crippen molar-refractivity contribution in [3.8, 4) is 0 Å². The largest absolute Gasteiger partial charge is 0.466 e. The van der Waals surface area contributed by atoms with E-state index in [1.54, 1.807) is 6.08 Å². The number of amides is 1. The van der Waals surface area contributed by atoms with Gasteiger partial charge in [-0.1, -0.05) is 223 Å². The number of rotatable bonds is 50. The van der Waals surface area contributed by atoms with Crippen molar-refractivity contribution in [3.63, 3.8) is 0 Å². The van der Waals surface area contributed by atoms with Gasteiger partial charge in [0.05, 0.1) is 25.4 Å². The molecule has 0 aromatic carbocycles. The average molecular weight is 884 g/mol. The number of aliphatic hydroxyl groups is 2. The van der Waals surface area contributed by atoms with E-state index in [-0.39, 0.29) is 18.5 Å². The zero-order chi connectivity index (χ0) is 45.8. The van der Waals surface area contributed by atoms with Crippen LogP contribution in [0, 0.1) is 0 Å². The number of hydrogen-bond donors (Lipinski definition) is 3. The zero-order valence-corrected chi connectivity index (χ0v) is 41.8. The molecule has 0 aromatic rings. The Morgan fingerprint density at radius 1 is 0.444 bits per heavy atom. The molecule has 63 heavy (non-hydrogen) atoms. The van der Waals surface area contributed by atoms with E-state index in [1.807, 2.05) is 6.08 Å². The third-order valence-electron chi connectivity index (χ3n) is 12.3. The molecule has 0 aliphatic heterocycles. The monoisotopic (exact) mass is 884 g/mol. The zero-order valence-electron chi connectivity index (χ0n) is 41.8. The summed E-state index contributed by atoms with van der Waals surface area (Å²) in [5, 5.41) is 23.0. The number of carbonyl (C=O) groups is 2. The molecule has 0 aromatic heterocycles. The fraction of sp³-hybridized carbons (Fsp3) is 0.825. The Bertz CT molecular complexity index is 1070. The first-order valence-electron chi connectivity index (χ1n) is 27.4. The minimum absolute atomic E-state index is 0.0197. The molecule has 2 atom stereocenters. The highest BCUT2D eigenvalue weighted by Crippen LogP contribution is 2.15. The molecule has 3 N–H and O–H groups in total. The highest BCUT2D eigenvalue weighted by molar-refractivity contribution is 5.76. The standard InChI is InChI=1S/C57H105NO5/c1-3-5-7-9-11-13-15-17-19-20-23-27-31-35-39-43-47-51-57(62)63-52-48-44-40-36-32-28-24-21-22-26-30-34-38-42-46-50-56(61)58-54(53-59)55(60)49-45-41-37-33-29-25-18-16-14-12-10-8-6-4-2/h11,13,17,19,24,28,45,49,54-55,59-60H,3-10,12,14-16,18,20-23,25-27,29-44,46-48,50-53H2,1-2H3,(H,58,61)/b13-11-,19-17-,28-24-,49-45+. The Kier molecular flexibility index (Phi) is 50.6. The third kappa shape index (κ3) is 49.1. The van der Waals surface area contributed by atoms with Gasteiger partial charge in [-0.15, -0.1) is 0 Å². The maximum atomic E-state index is 12.4. The number of esters is 1. The van der Waals surface area contributed by atoms with E-state index in [2.05, 4.69) is 55.6 Å². The van der Waals surface area contributed by atoms with E-state index >= 15 is 0 Å². The van der Waals surface area contributed by atoms with Gasteiger partial charge in [-0.3, -0.25) is 9.59 Å². The molecule has 368 valence electrons. The van der Waals surface area contributed by atoms with E-state index in [1.165, 1.54) is 173 Å². The van der Waals surface area contributed by atoms with Gasteiger partial charge in [0.2, 0.25) is 5.91 Å². The SMILES string of the molecule is CCCCC/C=C\C/C=C\CCCCCCCCCC(=O)OCCCCCC/C=C\CCCCCCCCCC(=O)NC(CO)C(O)/C=C/CCCCCCCCCCCCCC. The number of aliphatic hydroxyl groups excluding tert-OH is 2. The maximum absolute atomic E-state index is 12.4. The molecule has 0 rings (SSSR count). The first kappa shape index (κ1) is 60.8. The summed E-state index contributed by atoms with van der Waals surface area (Å²) in [7, 11) is 0. The molecule has 0 fully saturated rings. The lowest BCUT2D eigenvalue weighted by Crippen LogP contribution is -2.45. The normalized spacial score (nSPS) is 13.0. The molecule has 0 heterocycles. The molecular weight excluding hydrogens is 779 g/mol. The molecule has 6 nitrogen and oxygen atoms in total. The summed E-state index contributed by atoms with van der Waals surface area (Å²) in [4.78, 5) is 24.5. The first-order valence-corrected chi connectivity index (χ1v) is 27.4. The molecule has 0 radical (unpaired) electrons. The van der Waals surface area contributed by atoms with Crippen LogP contribution < -0.4 is 5.32 Å². The molecular formula is C57H105NO5. The van der Waals surface area contributed by atoms with E-state index in [0.29, 0.717) is 19.4 Å². The van der Waals surface area contributed by atoms with Crippen LogP contribution >= 0.6 is 0 Å². The summed E-state index contributed by atoms with van der Waals surface area (Å²) in [6.45, 7) is 4.83. The Morgan fingerprint density at radius 2 is 0.794 bits per heavy atom. The van der Waals surface area contributed by atoms with Gasteiger partial charge in [0, 0.05) is 12.8 Å². The van der Waals surface area contributed by atoms with Crippen molar-refractivity contribution < 1.29 is 24.5 Å². The average Bonchev–Trinajstić information content (AvgIpc) is 3.28. The molecule has 0 bridgehead atoms. The van der Waals surface area contributed by atoms with Crippen molar-refractivity contribution in [2.75, 3.05) is 13.2 Å². The third-order valence-corrected chi connectivity index (χ3v) is 12.3. The Labute approximate surface area is 391 Å². The minimum Gasteiger partial charge on any atom is -0.466 e. The lowest BCUT2D eigenvalue weighted by atomic mass is 10.0. The van der Waals surface area contributed by atoms with Crippen molar-refractivity contribution in [3.05, 3.63) is 48.6 Å². The number of carbonyl (C=O) groups excluding carboxylic acids is 2. The number of hydrogen-bond acceptors (Lipinski definition) is 5. The van der Waals surface area contributed by atoms with Crippen LogP contribution in [0.2, 0.25) is 0 Å². The summed E-state index contributed by atoms with van der Waals surface area (Å²) < 4.78 is 5.46. The molecule has 0 spiro atoms. The van der Waals surface area contributed by atoms with Gasteiger partial charge < -0.3 is 20.3 Å². The van der Waals surface area contributed by atoms with Crippen LogP contribution in [0.1, 0.15) is 277 Å². The molecule has 0 aliphatic carbocycles. The molecule has 6 heteroatoms. The number of nitrogens with one attached hydrogen (secondary N) is 1. The highest BCUT2D eigenvalue weighted by atomic mass is 16.5. The van der Waals surface area contributed by atoms with E-state index < -0.39 is 12.1 Å². The molecule has 2 unspecified atom stereocenters. The van der Waals surface area contributed by atoms with E-state index in [0.717, 1.165) is 77.0 Å². The fourth-order valence-corrected chi connectivity index (χ4v) is 8.07. The molecule has 0 aliphatic rings. The second-order valence-corrected chi connectivity index (χ2v) is 18.5. The van der Waals surface area contributed by atoms with Gasteiger partial charge in [-0.05, 0) is 89.9 Å². The first-order chi connectivity index (χ1) is 31.0. The predicted octanol–water partition coefficient (Wildman–Crippen LogP) is 16.6. The number of ether oxygens (including phenoxy) is 1. The van der Waals surface area contributed by atoms with Crippen molar-refractivity contribution in [1.82, 2.24) is 5.32 Å². The van der Waals surface area contributed by atoms with Gasteiger partial charge in [-0.2, -0.15) is 0 Å². The molecule has 1 amide bonds. The summed E-state index contributed by atoms with van der Waals surface area (Å²) >= 11 is 0. The summed E-state index contributed by atoms with van der Waals surface area (Å²) in [6.07, 6.45) is 65.4. The predicted molar refractivity (Wildman–Crippen MR) is 273 cm³/mol. The lowest BCUT2D eigenvalue weighted by Gasteiger charge is -2.20. The van der Waals surface area contributed by atoms with Crippen LogP contribution in [0.5, 0.6) is 0 Å². The van der Waals surface area contributed by atoms with Gasteiger partial charge >= 0.3 is 5.97 Å².